The molecule has 0 aliphatic heterocycles. The molecular weight excluding hydrogens is 260 g/mol. The van der Waals surface area contributed by atoms with Crippen LogP contribution in [0.5, 0.6) is 0 Å². The molecule has 0 aliphatic rings. The first-order valence-electron chi connectivity index (χ1n) is 6.70. The van der Waals surface area contributed by atoms with Gasteiger partial charge in [0.1, 0.15) is 18.2 Å². The standard InChI is InChI=1S/C13H24N4O3/c1-4-5-14-11-6-12(15-10(7-18)8-19-2)17-13(16-11)9-20-3/h6,10,18H,4-5,7-9H2,1-3H3,(H2,14,15,16,17). The zero-order chi connectivity index (χ0) is 14.8. The highest BCUT2D eigenvalue weighted by Crippen LogP contribution is 2.13. The summed E-state index contributed by atoms with van der Waals surface area (Å²) >= 11 is 0. The van der Waals surface area contributed by atoms with Crippen LogP contribution in [-0.2, 0) is 16.1 Å². The van der Waals surface area contributed by atoms with E-state index in [1.165, 1.54) is 0 Å². The van der Waals surface area contributed by atoms with E-state index in [0.29, 0.717) is 24.9 Å². The number of aliphatic hydroxyl groups excluding tert-OH is 1. The van der Waals surface area contributed by atoms with Crippen LogP contribution >= 0.6 is 0 Å². The maximum absolute atomic E-state index is 9.28. The van der Waals surface area contributed by atoms with Crippen LogP contribution in [0, 0.1) is 0 Å². The number of hydrogen-bond acceptors (Lipinski definition) is 7. The molecule has 114 valence electrons. The van der Waals surface area contributed by atoms with Crippen LogP contribution in [0.4, 0.5) is 11.6 Å². The lowest BCUT2D eigenvalue weighted by molar-refractivity contribution is 0.153. The molecule has 1 unspecified atom stereocenters. The molecule has 0 radical (unpaired) electrons. The highest BCUT2D eigenvalue weighted by atomic mass is 16.5. The van der Waals surface area contributed by atoms with E-state index in [0.717, 1.165) is 18.8 Å². The lowest BCUT2D eigenvalue weighted by atomic mass is 10.3. The maximum Gasteiger partial charge on any atom is 0.158 e. The van der Waals surface area contributed by atoms with Crippen LogP contribution in [-0.4, -0.2) is 55.1 Å². The second-order valence-corrected chi connectivity index (χ2v) is 4.39. The summed E-state index contributed by atoms with van der Waals surface area (Å²) < 4.78 is 10.1. The Kier molecular flexibility index (Phi) is 7.86. The van der Waals surface area contributed by atoms with Crippen LogP contribution < -0.4 is 10.6 Å². The zero-order valence-corrected chi connectivity index (χ0v) is 12.3. The Bertz CT molecular complexity index is 390. The molecule has 1 aromatic heterocycles. The van der Waals surface area contributed by atoms with E-state index >= 15 is 0 Å². The highest BCUT2D eigenvalue weighted by Gasteiger charge is 2.10. The number of aliphatic hydroxyl groups is 1. The lowest BCUT2D eigenvalue weighted by Crippen LogP contribution is -2.29. The Labute approximate surface area is 119 Å². The average molecular weight is 284 g/mol. The van der Waals surface area contributed by atoms with E-state index in [2.05, 4.69) is 27.5 Å². The first-order chi connectivity index (χ1) is 9.73. The first-order valence-corrected chi connectivity index (χ1v) is 6.70. The largest absolute Gasteiger partial charge is 0.394 e. The van der Waals surface area contributed by atoms with Crippen LogP contribution in [0.25, 0.3) is 0 Å². The second kappa shape index (κ2) is 9.46. The molecule has 0 aromatic carbocycles. The van der Waals surface area contributed by atoms with Gasteiger partial charge < -0.3 is 25.2 Å². The Morgan fingerprint density at radius 1 is 1.25 bits per heavy atom. The molecule has 20 heavy (non-hydrogen) atoms. The monoisotopic (exact) mass is 284 g/mol. The molecule has 0 saturated heterocycles. The Morgan fingerprint density at radius 3 is 2.60 bits per heavy atom. The minimum atomic E-state index is -0.204. The molecule has 7 heteroatoms. The van der Waals surface area contributed by atoms with Gasteiger partial charge in [0.15, 0.2) is 5.82 Å². The van der Waals surface area contributed by atoms with Crippen LogP contribution in [0.2, 0.25) is 0 Å². The molecule has 0 aliphatic carbocycles. The van der Waals surface area contributed by atoms with Gasteiger partial charge in [0.05, 0.1) is 19.3 Å². The predicted molar refractivity (Wildman–Crippen MR) is 77.9 cm³/mol. The van der Waals surface area contributed by atoms with Gasteiger partial charge in [0, 0.05) is 26.8 Å². The molecule has 1 heterocycles. The van der Waals surface area contributed by atoms with Crippen LogP contribution in [0.1, 0.15) is 19.2 Å². The SMILES string of the molecule is CCCNc1cc(NC(CO)COC)nc(COC)n1. The summed E-state index contributed by atoms with van der Waals surface area (Å²) in [4.78, 5) is 8.71. The van der Waals surface area contributed by atoms with Gasteiger partial charge in [0.25, 0.3) is 0 Å². The normalized spacial score (nSPS) is 12.2. The van der Waals surface area contributed by atoms with E-state index in [1.54, 1.807) is 14.2 Å². The fourth-order valence-corrected chi connectivity index (χ4v) is 1.66. The van der Waals surface area contributed by atoms with Crippen molar-refractivity contribution in [3.63, 3.8) is 0 Å². The third kappa shape index (κ3) is 5.68. The quantitative estimate of drug-likeness (QED) is 0.587. The van der Waals surface area contributed by atoms with E-state index in [4.69, 9.17) is 9.47 Å². The first kappa shape index (κ1) is 16.6. The number of aromatic nitrogens is 2. The summed E-state index contributed by atoms with van der Waals surface area (Å²) in [7, 11) is 3.19. The zero-order valence-electron chi connectivity index (χ0n) is 12.3. The fourth-order valence-electron chi connectivity index (χ4n) is 1.66. The number of ether oxygens (including phenoxy) is 2. The number of hydrogen-bond donors (Lipinski definition) is 3. The molecule has 1 rings (SSSR count). The number of methoxy groups -OCH3 is 2. The van der Waals surface area contributed by atoms with E-state index in [9.17, 15) is 5.11 Å². The summed E-state index contributed by atoms with van der Waals surface area (Å²) in [5, 5.41) is 15.6. The Morgan fingerprint density at radius 2 is 2.00 bits per heavy atom. The average Bonchev–Trinajstić information content (AvgIpc) is 2.45. The van der Waals surface area contributed by atoms with Crippen molar-refractivity contribution in [1.29, 1.82) is 0 Å². The van der Waals surface area contributed by atoms with E-state index in [-0.39, 0.29) is 12.6 Å². The Hall–Kier alpha value is -1.44. The molecule has 0 bridgehead atoms. The van der Waals surface area contributed by atoms with Crippen LogP contribution in [0.15, 0.2) is 6.07 Å². The van der Waals surface area contributed by atoms with E-state index < -0.39 is 0 Å². The van der Waals surface area contributed by atoms with Crippen molar-refractivity contribution >= 4 is 11.6 Å². The fraction of sp³-hybridized carbons (Fsp3) is 0.692. The smallest absolute Gasteiger partial charge is 0.158 e. The van der Waals surface area contributed by atoms with Gasteiger partial charge in [-0.25, -0.2) is 9.97 Å². The number of anilines is 2. The van der Waals surface area contributed by atoms with Gasteiger partial charge in [0.2, 0.25) is 0 Å². The van der Waals surface area contributed by atoms with Gasteiger partial charge in [-0.2, -0.15) is 0 Å². The van der Waals surface area contributed by atoms with Crippen molar-refractivity contribution in [2.24, 2.45) is 0 Å². The number of rotatable bonds is 10. The highest BCUT2D eigenvalue weighted by molar-refractivity contribution is 5.48. The van der Waals surface area contributed by atoms with Gasteiger partial charge in [-0.15, -0.1) is 0 Å². The maximum atomic E-state index is 9.28. The van der Waals surface area contributed by atoms with Gasteiger partial charge >= 0.3 is 0 Å². The minimum Gasteiger partial charge on any atom is -0.394 e. The summed E-state index contributed by atoms with van der Waals surface area (Å²) in [5.41, 5.74) is 0. The molecule has 0 fully saturated rings. The van der Waals surface area contributed by atoms with Gasteiger partial charge in [-0.3, -0.25) is 0 Å². The van der Waals surface area contributed by atoms with Crippen molar-refractivity contribution in [2.45, 2.75) is 26.0 Å². The minimum absolute atomic E-state index is 0.0326. The summed E-state index contributed by atoms with van der Waals surface area (Å²) in [5.74, 6) is 1.97. The third-order valence-electron chi connectivity index (χ3n) is 2.54. The van der Waals surface area contributed by atoms with Crippen molar-refractivity contribution in [3.8, 4) is 0 Å². The number of nitrogens with one attached hydrogen (secondary N) is 2. The third-order valence-corrected chi connectivity index (χ3v) is 2.54. The molecule has 0 amide bonds. The number of nitrogens with zero attached hydrogens (tertiary/aromatic N) is 2. The second-order valence-electron chi connectivity index (χ2n) is 4.39. The predicted octanol–water partition coefficient (Wildman–Crippen LogP) is 0.864. The summed E-state index contributed by atoms with van der Waals surface area (Å²) in [6.07, 6.45) is 1.01. The molecule has 0 spiro atoms. The Balaban J connectivity index is 2.83. The van der Waals surface area contributed by atoms with Crippen molar-refractivity contribution in [2.75, 3.05) is 44.6 Å². The molecule has 7 nitrogen and oxygen atoms in total. The van der Waals surface area contributed by atoms with Crippen molar-refractivity contribution < 1.29 is 14.6 Å². The van der Waals surface area contributed by atoms with Crippen molar-refractivity contribution in [3.05, 3.63) is 11.9 Å². The topological polar surface area (TPSA) is 88.5 Å². The summed E-state index contributed by atoms with van der Waals surface area (Å²) in [6.45, 7) is 3.63. The molecule has 1 atom stereocenters. The molecular formula is C13H24N4O3. The molecule has 1 aromatic rings. The van der Waals surface area contributed by atoms with Gasteiger partial charge in [-0.1, -0.05) is 6.92 Å². The van der Waals surface area contributed by atoms with Gasteiger partial charge in [-0.05, 0) is 6.42 Å². The van der Waals surface area contributed by atoms with Crippen molar-refractivity contribution in [1.82, 2.24) is 9.97 Å². The molecule has 3 N–H and O–H groups in total. The molecule has 0 saturated carbocycles. The summed E-state index contributed by atoms with van der Waals surface area (Å²) in [6, 6.07) is 1.61. The van der Waals surface area contributed by atoms with Crippen LogP contribution in [0.3, 0.4) is 0 Å². The van der Waals surface area contributed by atoms with E-state index in [1.807, 2.05) is 6.07 Å². The lowest BCUT2D eigenvalue weighted by Gasteiger charge is -2.17.